The topological polar surface area (TPSA) is 21.3 Å². The minimum atomic E-state index is 0.784. The van der Waals surface area contributed by atoms with Gasteiger partial charge in [0.25, 0.3) is 0 Å². The lowest BCUT2D eigenvalue weighted by molar-refractivity contribution is 0.191. The molecule has 1 aliphatic rings. The van der Waals surface area contributed by atoms with Crippen LogP contribution in [0.5, 0.6) is 0 Å². The molecule has 1 rings (SSSR count). The molecule has 2 heteroatoms. The fraction of sp³-hybridized carbons (Fsp3) is 1.00. The van der Waals surface area contributed by atoms with Crippen molar-refractivity contribution in [3.05, 3.63) is 0 Å². The zero-order valence-corrected chi connectivity index (χ0v) is 9.72. The van der Waals surface area contributed by atoms with E-state index in [1.165, 1.54) is 45.1 Å². The summed E-state index contributed by atoms with van der Waals surface area (Å²) < 4.78 is 5.03. The van der Waals surface area contributed by atoms with Gasteiger partial charge in [-0.05, 0) is 38.1 Å². The van der Waals surface area contributed by atoms with Crippen molar-refractivity contribution in [1.29, 1.82) is 0 Å². The predicted octanol–water partition coefficient (Wildman–Crippen LogP) is 2.58. The average molecular weight is 199 g/mol. The summed E-state index contributed by atoms with van der Waals surface area (Å²) in [7, 11) is 1.77. The molecule has 1 fully saturated rings. The van der Waals surface area contributed by atoms with Gasteiger partial charge in [0.05, 0.1) is 0 Å². The van der Waals surface area contributed by atoms with Gasteiger partial charge in [0.1, 0.15) is 0 Å². The zero-order valence-electron chi connectivity index (χ0n) is 9.72. The average Bonchev–Trinajstić information content (AvgIpc) is 2.20. The minimum absolute atomic E-state index is 0.784. The Hall–Kier alpha value is -0.0800. The van der Waals surface area contributed by atoms with E-state index < -0.39 is 0 Å². The Bertz CT molecular complexity index is 138. The lowest BCUT2D eigenvalue weighted by Gasteiger charge is -2.29. The molecule has 0 radical (unpaired) electrons. The molecule has 84 valence electrons. The molecule has 1 N–H and O–H groups in total. The Morgan fingerprint density at radius 3 is 2.71 bits per heavy atom. The van der Waals surface area contributed by atoms with Gasteiger partial charge in [-0.1, -0.05) is 19.8 Å². The maximum Gasteiger partial charge on any atom is 0.0462 e. The normalized spacial score (nSPS) is 27.9. The molecule has 2 nitrogen and oxygen atoms in total. The summed E-state index contributed by atoms with van der Waals surface area (Å²) in [5.74, 6) is 0.881. The van der Waals surface area contributed by atoms with Gasteiger partial charge in [0, 0.05) is 19.8 Å². The number of hydrogen-bond acceptors (Lipinski definition) is 2. The van der Waals surface area contributed by atoms with E-state index in [-0.39, 0.29) is 0 Å². The van der Waals surface area contributed by atoms with E-state index >= 15 is 0 Å². The summed E-state index contributed by atoms with van der Waals surface area (Å²) in [6.45, 7) is 4.45. The molecule has 0 bridgehead atoms. The third-order valence-corrected chi connectivity index (χ3v) is 3.29. The summed E-state index contributed by atoms with van der Waals surface area (Å²) in [4.78, 5) is 0. The Labute approximate surface area is 88.4 Å². The first-order chi connectivity index (χ1) is 6.84. The quantitative estimate of drug-likeness (QED) is 0.664. The number of rotatable bonds is 6. The highest BCUT2D eigenvalue weighted by Crippen LogP contribution is 2.23. The highest BCUT2D eigenvalue weighted by Gasteiger charge is 2.19. The summed E-state index contributed by atoms with van der Waals surface area (Å²) >= 11 is 0. The minimum Gasteiger partial charge on any atom is -0.385 e. The maximum absolute atomic E-state index is 5.03. The van der Waals surface area contributed by atoms with Gasteiger partial charge >= 0.3 is 0 Å². The molecule has 1 saturated carbocycles. The van der Waals surface area contributed by atoms with Crippen molar-refractivity contribution in [2.45, 2.75) is 51.5 Å². The highest BCUT2D eigenvalue weighted by atomic mass is 16.5. The molecule has 0 aromatic carbocycles. The van der Waals surface area contributed by atoms with Crippen LogP contribution in [0.4, 0.5) is 0 Å². The summed E-state index contributed by atoms with van der Waals surface area (Å²) in [5, 5.41) is 3.67. The van der Waals surface area contributed by atoms with Crippen LogP contribution in [0.3, 0.4) is 0 Å². The van der Waals surface area contributed by atoms with Crippen LogP contribution in [-0.4, -0.2) is 26.3 Å². The Morgan fingerprint density at radius 2 is 2.00 bits per heavy atom. The smallest absolute Gasteiger partial charge is 0.0462 e. The lowest BCUT2D eigenvalue weighted by Crippen LogP contribution is -2.37. The van der Waals surface area contributed by atoms with E-state index in [4.69, 9.17) is 4.74 Å². The van der Waals surface area contributed by atoms with E-state index in [9.17, 15) is 0 Å². The molecule has 1 aliphatic carbocycles. The van der Waals surface area contributed by atoms with Crippen molar-refractivity contribution >= 4 is 0 Å². The SMILES string of the molecule is COCCCCN[C@@H]1CCCC[C@@H]1C. The molecule has 0 aromatic heterocycles. The number of ether oxygens (including phenoxy) is 1. The molecular weight excluding hydrogens is 174 g/mol. The highest BCUT2D eigenvalue weighted by molar-refractivity contribution is 4.77. The van der Waals surface area contributed by atoms with Crippen LogP contribution < -0.4 is 5.32 Å². The van der Waals surface area contributed by atoms with Crippen LogP contribution in [0, 0.1) is 5.92 Å². The predicted molar refractivity (Wildman–Crippen MR) is 60.5 cm³/mol. The van der Waals surface area contributed by atoms with E-state index in [0.717, 1.165) is 18.6 Å². The van der Waals surface area contributed by atoms with E-state index in [1.54, 1.807) is 7.11 Å². The molecule has 0 spiro atoms. The number of nitrogens with one attached hydrogen (secondary N) is 1. The summed E-state index contributed by atoms with van der Waals surface area (Å²) in [6.07, 6.45) is 8.08. The number of hydrogen-bond donors (Lipinski definition) is 1. The summed E-state index contributed by atoms with van der Waals surface area (Å²) in [5.41, 5.74) is 0. The van der Waals surface area contributed by atoms with Gasteiger partial charge < -0.3 is 10.1 Å². The molecule has 14 heavy (non-hydrogen) atoms. The van der Waals surface area contributed by atoms with Gasteiger partial charge in [-0.2, -0.15) is 0 Å². The van der Waals surface area contributed by atoms with Crippen molar-refractivity contribution in [1.82, 2.24) is 5.32 Å². The monoisotopic (exact) mass is 199 g/mol. The van der Waals surface area contributed by atoms with Gasteiger partial charge in [-0.3, -0.25) is 0 Å². The van der Waals surface area contributed by atoms with Gasteiger partial charge in [-0.15, -0.1) is 0 Å². The van der Waals surface area contributed by atoms with Crippen molar-refractivity contribution in [2.75, 3.05) is 20.3 Å². The van der Waals surface area contributed by atoms with Crippen molar-refractivity contribution < 1.29 is 4.74 Å². The first-order valence-corrected chi connectivity index (χ1v) is 6.07. The van der Waals surface area contributed by atoms with Gasteiger partial charge in [0.2, 0.25) is 0 Å². The fourth-order valence-corrected chi connectivity index (χ4v) is 2.28. The number of unbranched alkanes of at least 4 members (excludes halogenated alkanes) is 1. The third-order valence-electron chi connectivity index (χ3n) is 3.29. The Kier molecular flexibility index (Phi) is 6.20. The van der Waals surface area contributed by atoms with E-state index in [2.05, 4.69) is 12.2 Å². The maximum atomic E-state index is 5.03. The Morgan fingerprint density at radius 1 is 1.21 bits per heavy atom. The van der Waals surface area contributed by atoms with E-state index in [0.29, 0.717) is 0 Å². The molecule has 0 aromatic rings. The second kappa shape index (κ2) is 7.24. The molecular formula is C12H25NO. The standard InChI is InChI=1S/C12H25NO/c1-11-7-3-4-8-12(11)13-9-5-6-10-14-2/h11-13H,3-10H2,1-2H3/t11-,12+/m0/s1. The van der Waals surface area contributed by atoms with Crippen molar-refractivity contribution in [3.8, 4) is 0 Å². The third kappa shape index (κ3) is 4.43. The molecule has 0 unspecified atom stereocenters. The second-order valence-electron chi connectivity index (χ2n) is 4.52. The summed E-state index contributed by atoms with van der Waals surface area (Å²) in [6, 6.07) is 0.784. The lowest BCUT2D eigenvalue weighted by atomic mass is 9.86. The largest absolute Gasteiger partial charge is 0.385 e. The Balaban J connectivity index is 1.99. The van der Waals surface area contributed by atoms with E-state index in [1.807, 2.05) is 0 Å². The van der Waals surface area contributed by atoms with Crippen molar-refractivity contribution in [2.24, 2.45) is 5.92 Å². The molecule has 2 atom stereocenters. The van der Waals surface area contributed by atoms with Crippen LogP contribution in [0.25, 0.3) is 0 Å². The van der Waals surface area contributed by atoms with Crippen molar-refractivity contribution in [3.63, 3.8) is 0 Å². The second-order valence-corrected chi connectivity index (χ2v) is 4.52. The molecule has 0 aliphatic heterocycles. The molecule has 0 saturated heterocycles. The van der Waals surface area contributed by atoms with Crippen LogP contribution in [0.2, 0.25) is 0 Å². The molecule has 0 amide bonds. The van der Waals surface area contributed by atoms with Crippen LogP contribution in [0.15, 0.2) is 0 Å². The molecule has 0 heterocycles. The van der Waals surface area contributed by atoms with Crippen LogP contribution in [-0.2, 0) is 4.74 Å². The fourth-order valence-electron chi connectivity index (χ4n) is 2.28. The van der Waals surface area contributed by atoms with Gasteiger partial charge in [0.15, 0.2) is 0 Å². The number of methoxy groups -OCH3 is 1. The van der Waals surface area contributed by atoms with Crippen LogP contribution in [0.1, 0.15) is 45.4 Å². The first kappa shape index (κ1) is 12.0. The first-order valence-electron chi connectivity index (χ1n) is 6.07. The van der Waals surface area contributed by atoms with Gasteiger partial charge in [-0.25, -0.2) is 0 Å². The zero-order chi connectivity index (χ0) is 10.2. The van der Waals surface area contributed by atoms with Crippen LogP contribution >= 0.6 is 0 Å².